The van der Waals surface area contributed by atoms with E-state index in [0.29, 0.717) is 18.7 Å². The molecule has 108 valence electrons. The third-order valence-corrected chi connectivity index (χ3v) is 2.84. The van der Waals surface area contributed by atoms with Crippen LogP contribution < -0.4 is 0 Å². The second-order valence-corrected chi connectivity index (χ2v) is 4.47. The molecule has 5 heteroatoms. The molecule has 0 saturated heterocycles. The molecule has 1 aromatic rings. The minimum Gasteiger partial charge on any atom is -0.339 e. The summed E-state index contributed by atoms with van der Waals surface area (Å²) in [4.78, 5) is 24.2. The molecule has 0 N–H and O–H groups in total. The van der Waals surface area contributed by atoms with E-state index >= 15 is 0 Å². The quantitative estimate of drug-likeness (QED) is 0.436. The molecule has 0 aromatic heterocycles. The van der Waals surface area contributed by atoms with Gasteiger partial charge in [-0.3, -0.25) is 14.9 Å². The lowest BCUT2D eigenvalue weighted by Gasteiger charge is -2.19. The number of carbonyl (C=O) groups excluding carboxylic acids is 1. The van der Waals surface area contributed by atoms with Crippen molar-refractivity contribution >= 4 is 17.7 Å². The average Bonchev–Trinajstić information content (AvgIpc) is 2.44. The van der Waals surface area contributed by atoms with Gasteiger partial charge in [0.2, 0.25) is 5.91 Å². The Labute approximate surface area is 119 Å². The summed E-state index contributed by atoms with van der Waals surface area (Å²) in [6, 6.07) is 6.39. The number of nitrogens with zero attached hydrogens (tertiary/aromatic N) is 2. The fourth-order valence-corrected chi connectivity index (χ4v) is 1.93. The molecule has 0 unspecified atom stereocenters. The van der Waals surface area contributed by atoms with E-state index in [1.807, 2.05) is 13.8 Å². The lowest BCUT2D eigenvalue weighted by molar-refractivity contribution is -0.385. The van der Waals surface area contributed by atoms with E-state index in [1.54, 1.807) is 23.1 Å². The molecule has 0 saturated carbocycles. The van der Waals surface area contributed by atoms with Gasteiger partial charge in [0.25, 0.3) is 5.69 Å². The fraction of sp³-hybridized carbons (Fsp3) is 0.400. The Morgan fingerprint density at radius 2 is 1.85 bits per heavy atom. The van der Waals surface area contributed by atoms with Crippen molar-refractivity contribution in [1.29, 1.82) is 0 Å². The molecule has 1 rings (SSSR count). The highest BCUT2D eigenvalue weighted by Gasteiger charge is 2.11. The van der Waals surface area contributed by atoms with Gasteiger partial charge < -0.3 is 4.90 Å². The molecule has 0 fully saturated rings. The van der Waals surface area contributed by atoms with E-state index in [0.717, 1.165) is 12.8 Å². The van der Waals surface area contributed by atoms with Gasteiger partial charge in [-0.15, -0.1) is 0 Å². The maximum Gasteiger partial charge on any atom is 0.276 e. The number of nitro groups is 1. The number of hydrogen-bond acceptors (Lipinski definition) is 3. The minimum atomic E-state index is -0.444. The predicted molar refractivity (Wildman–Crippen MR) is 79.3 cm³/mol. The number of benzene rings is 1. The number of nitro benzene ring substituents is 1. The highest BCUT2D eigenvalue weighted by Crippen LogP contribution is 2.19. The van der Waals surface area contributed by atoms with Crippen LogP contribution in [0.15, 0.2) is 30.3 Å². The third kappa shape index (κ3) is 4.50. The minimum absolute atomic E-state index is 0.00841. The predicted octanol–water partition coefficient (Wildman–Crippen LogP) is 3.26. The smallest absolute Gasteiger partial charge is 0.276 e. The van der Waals surface area contributed by atoms with Crippen LogP contribution in [0, 0.1) is 10.1 Å². The van der Waals surface area contributed by atoms with Crippen molar-refractivity contribution in [3.63, 3.8) is 0 Å². The standard InChI is InChI=1S/C15H20N2O3/c1-3-11-16(12-4-2)15(18)10-9-13-7-5-6-8-14(13)17(19)20/h5-10H,3-4,11-12H2,1-2H3. The summed E-state index contributed by atoms with van der Waals surface area (Å²) in [7, 11) is 0. The summed E-state index contributed by atoms with van der Waals surface area (Å²) in [6.45, 7) is 5.44. The molecule has 20 heavy (non-hydrogen) atoms. The van der Waals surface area contributed by atoms with Crippen molar-refractivity contribution in [2.24, 2.45) is 0 Å². The van der Waals surface area contributed by atoms with Gasteiger partial charge >= 0.3 is 0 Å². The van der Waals surface area contributed by atoms with Crippen molar-refractivity contribution in [3.05, 3.63) is 46.0 Å². The summed E-state index contributed by atoms with van der Waals surface area (Å²) in [6.07, 6.45) is 4.71. The van der Waals surface area contributed by atoms with Crippen LogP contribution in [0.5, 0.6) is 0 Å². The molecular formula is C15H20N2O3. The molecule has 1 aromatic carbocycles. The maximum atomic E-state index is 12.0. The van der Waals surface area contributed by atoms with Gasteiger partial charge in [0.1, 0.15) is 0 Å². The van der Waals surface area contributed by atoms with Gasteiger partial charge in [-0.25, -0.2) is 0 Å². The largest absolute Gasteiger partial charge is 0.339 e. The van der Waals surface area contributed by atoms with Gasteiger partial charge in [0, 0.05) is 25.2 Å². The number of para-hydroxylation sites is 1. The van der Waals surface area contributed by atoms with Crippen molar-refractivity contribution in [2.45, 2.75) is 26.7 Å². The number of rotatable bonds is 7. The molecule has 0 radical (unpaired) electrons. The normalized spacial score (nSPS) is 10.7. The SMILES string of the molecule is CCCN(CCC)C(=O)C=Cc1ccccc1[N+](=O)[O-]. The summed E-state index contributed by atoms with van der Waals surface area (Å²) >= 11 is 0. The zero-order valence-electron chi connectivity index (χ0n) is 11.9. The summed E-state index contributed by atoms with van der Waals surface area (Å²) in [5.41, 5.74) is 0.452. The molecule has 0 bridgehead atoms. The molecule has 0 aliphatic carbocycles. The second kappa shape index (κ2) is 8.09. The maximum absolute atomic E-state index is 12.0. The molecule has 1 amide bonds. The van der Waals surface area contributed by atoms with Gasteiger partial charge in [-0.2, -0.15) is 0 Å². The Hall–Kier alpha value is -2.17. The highest BCUT2D eigenvalue weighted by atomic mass is 16.6. The van der Waals surface area contributed by atoms with E-state index < -0.39 is 4.92 Å². The Kier molecular flexibility index (Phi) is 6.43. The second-order valence-electron chi connectivity index (χ2n) is 4.47. The Morgan fingerprint density at radius 1 is 1.25 bits per heavy atom. The van der Waals surface area contributed by atoms with Crippen LogP contribution in [0.4, 0.5) is 5.69 Å². The lowest BCUT2D eigenvalue weighted by Crippen LogP contribution is -2.30. The highest BCUT2D eigenvalue weighted by molar-refractivity contribution is 5.92. The van der Waals surface area contributed by atoms with Crippen molar-refractivity contribution in [3.8, 4) is 0 Å². The summed E-state index contributed by atoms with van der Waals surface area (Å²) < 4.78 is 0. The summed E-state index contributed by atoms with van der Waals surface area (Å²) in [5, 5.41) is 10.9. The molecule has 0 aliphatic heterocycles. The zero-order chi connectivity index (χ0) is 15.0. The summed E-state index contributed by atoms with van der Waals surface area (Å²) in [5.74, 6) is -0.105. The Balaban J connectivity index is 2.86. The van der Waals surface area contributed by atoms with Crippen molar-refractivity contribution < 1.29 is 9.72 Å². The molecule has 0 heterocycles. The molecule has 0 spiro atoms. The van der Waals surface area contributed by atoms with Crippen LogP contribution >= 0.6 is 0 Å². The first-order valence-corrected chi connectivity index (χ1v) is 6.80. The van der Waals surface area contributed by atoms with E-state index in [9.17, 15) is 14.9 Å². The van der Waals surface area contributed by atoms with E-state index in [2.05, 4.69) is 0 Å². The number of hydrogen-bond donors (Lipinski definition) is 0. The number of carbonyl (C=O) groups is 1. The van der Waals surface area contributed by atoms with E-state index in [1.165, 1.54) is 18.2 Å². The zero-order valence-corrected chi connectivity index (χ0v) is 11.9. The van der Waals surface area contributed by atoms with Crippen molar-refractivity contribution in [2.75, 3.05) is 13.1 Å². The molecule has 0 aliphatic rings. The van der Waals surface area contributed by atoms with Gasteiger partial charge in [-0.1, -0.05) is 26.0 Å². The first-order chi connectivity index (χ1) is 9.60. The van der Waals surface area contributed by atoms with Crippen molar-refractivity contribution in [1.82, 2.24) is 4.90 Å². The van der Waals surface area contributed by atoms with Gasteiger partial charge in [0.15, 0.2) is 0 Å². The first-order valence-electron chi connectivity index (χ1n) is 6.80. The average molecular weight is 276 g/mol. The van der Waals surface area contributed by atoms with E-state index in [-0.39, 0.29) is 11.6 Å². The topological polar surface area (TPSA) is 63.5 Å². The molecular weight excluding hydrogens is 256 g/mol. The van der Waals surface area contributed by atoms with Gasteiger partial charge in [0.05, 0.1) is 10.5 Å². The Bertz CT molecular complexity index is 492. The van der Waals surface area contributed by atoms with Crippen LogP contribution in [0.1, 0.15) is 32.3 Å². The molecule has 5 nitrogen and oxygen atoms in total. The van der Waals surface area contributed by atoms with Crippen LogP contribution in [0.2, 0.25) is 0 Å². The van der Waals surface area contributed by atoms with Gasteiger partial charge in [-0.05, 0) is 25.0 Å². The van der Waals surface area contributed by atoms with Crippen LogP contribution in [0.3, 0.4) is 0 Å². The molecule has 0 atom stereocenters. The third-order valence-electron chi connectivity index (χ3n) is 2.84. The lowest BCUT2D eigenvalue weighted by atomic mass is 10.1. The first kappa shape index (κ1) is 15.9. The van der Waals surface area contributed by atoms with Crippen LogP contribution in [-0.4, -0.2) is 28.8 Å². The monoisotopic (exact) mass is 276 g/mol. The Morgan fingerprint density at radius 3 is 2.40 bits per heavy atom. The number of amides is 1. The van der Waals surface area contributed by atoms with E-state index in [4.69, 9.17) is 0 Å². The fourth-order valence-electron chi connectivity index (χ4n) is 1.93. The van der Waals surface area contributed by atoms with Crippen LogP contribution in [-0.2, 0) is 4.79 Å². The van der Waals surface area contributed by atoms with Crippen LogP contribution in [0.25, 0.3) is 6.08 Å².